The molecule has 1 aromatic carbocycles. The molecule has 116 valence electrons. The molecular weight excluding hydrogens is 302 g/mol. The van der Waals surface area contributed by atoms with E-state index in [1.54, 1.807) is 12.1 Å². The van der Waals surface area contributed by atoms with Crippen LogP contribution in [0.1, 0.15) is 42.4 Å². The lowest BCUT2D eigenvalue weighted by molar-refractivity contribution is 0.0932. The number of aryl methyl sites for hydroxylation is 1. The van der Waals surface area contributed by atoms with E-state index in [0.29, 0.717) is 11.6 Å². The largest absolute Gasteiger partial charge is 0.344 e. The van der Waals surface area contributed by atoms with Crippen molar-refractivity contribution in [3.8, 4) is 0 Å². The lowest BCUT2D eigenvalue weighted by Crippen LogP contribution is -2.31. The number of halogens is 1. The Morgan fingerprint density at radius 2 is 2.14 bits per heavy atom. The molecule has 0 fully saturated rings. The molecule has 5 nitrogen and oxygen atoms in total. The summed E-state index contributed by atoms with van der Waals surface area (Å²) in [5.74, 6) is -0.322. The number of benzene rings is 1. The smallest absolute Gasteiger partial charge is 0.272 e. The summed E-state index contributed by atoms with van der Waals surface area (Å²) in [6, 6.07) is 9.90. The lowest BCUT2D eigenvalue weighted by Gasteiger charge is -2.14. The van der Waals surface area contributed by atoms with Crippen LogP contribution in [-0.2, 0) is 6.54 Å². The van der Waals surface area contributed by atoms with Crippen LogP contribution in [0.15, 0.2) is 41.2 Å². The molecule has 0 aliphatic rings. The molecule has 0 bridgehead atoms. The van der Waals surface area contributed by atoms with Crippen molar-refractivity contribution in [2.45, 2.75) is 32.9 Å². The quantitative estimate of drug-likeness (QED) is 0.921. The zero-order chi connectivity index (χ0) is 16.1. The van der Waals surface area contributed by atoms with Crippen LogP contribution in [-0.4, -0.2) is 15.7 Å². The Balaban J connectivity index is 2.15. The highest BCUT2D eigenvalue weighted by molar-refractivity contribution is 6.30. The first-order chi connectivity index (χ1) is 10.5. The summed E-state index contributed by atoms with van der Waals surface area (Å²) in [7, 11) is 0. The van der Waals surface area contributed by atoms with Crippen LogP contribution in [0.3, 0.4) is 0 Å². The highest BCUT2D eigenvalue weighted by Crippen LogP contribution is 2.17. The van der Waals surface area contributed by atoms with Crippen LogP contribution in [0.2, 0.25) is 5.02 Å². The maximum Gasteiger partial charge on any atom is 0.272 e. The Hall–Kier alpha value is -2.14. The van der Waals surface area contributed by atoms with E-state index >= 15 is 0 Å². The normalized spacial score (nSPS) is 12.0. The molecule has 0 saturated heterocycles. The van der Waals surface area contributed by atoms with Gasteiger partial charge in [0.2, 0.25) is 0 Å². The van der Waals surface area contributed by atoms with Gasteiger partial charge in [0.15, 0.2) is 0 Å². The standard InChI is InChI=1S/C16H18ClN3O2/c1-3-9-20-15(21)8-7-14(19-20)16(22)18-11(2)12-5-4-6-13(17)10-12/h4-8,10-11H,3,9H2,1-2H3,(H,18,22). The van der Waals surface area contributed by atoms with Crippen molar-refractivity contribution in [3.63, 3.8) is 0 Å². The molecule has 6 heteroatoms. The number of amides is 1. The number of nitrogens with zero attached hydrogens (tertiary/aromatic N) is 2. The molecule has 2 aromatic rings. The molecule has 0 spiro atoms. The summed E-state index contributed by atoms with van der Waals surface area (Å²) >= 11 is 5.95. The van der Waals surface area contributed by atoms with Gasteiger partial charge in [0.25, 0.3) is 11.5 Å². The molecule has 1 heterocycles. The first-order valence-electron chi connectivity index (χ1n) is 7.15. The van der Waals surface area contributed by atoms with Crippen LogP contribution in [0.5, 0.6) is 0 Å². The molecule has 1 unspecified atom stereocenters. The molecule has 22 heavy (non-hydrogen) atoms. The van der Waals surface area contributed by atoms with E-state index in [0.717, 1.165) is 12.0 Å². The van der Waals surface area contributed by atoms with Gasteiger partial charge in [-0.1, -0.05) is 30.7 Å². The summed E-state index contributed by atoms with van der Waals surface area (Å²) in [4.78, 5) is 23.9. The second kappa shape index (κ2) is 7.22. The van der Waals surface area contributed by atoms with Crippen molar-refractivity contribution in [2.24, 2.45) is 0 Å². The number of carbonyl (C=O) groups is 1. The van der Waals surface area contributed by atoms with E-state index in [-0.39, 0.29) is 23.2 Å². The number of nitrogens with one attached hydrogen (secondary N) is 1. The molecule has 1 aromatic heterocycles. The Morgan fingerprint density at radius 3 is 2.82 bits per heavy atom. The summed E-state index contributed by atoms with van der Waals surface area (Å²) in [5.41, 5.74) is 0.922. The third-order valence-corrected chi connectivity index (χ3v) is 3.47. The SMILES string of the molecule is CCCn1nc(C(=O)NC(C)c2cccc(Cl)c2)ccc1=O. The summed E-state index contributed by atoms with van der Waals surface area (Å²) in [6.07, 6.45) is 0.775. The zero-order valence-corrected chi connectivity index (χ0v) is 13.3. The van der Waals surface area contributed by atoms with E-state index in [9.17, 15) is 9.59 Å². The van der Waals surface area contributed by atoms with E-state index in [2.05, 4.69) is 10.4 Å². The Kier molecular flexibility index (Phi) is 5.33. The predicted octanol–water partition coefficient (Wildman–Crippen LogP) is 2.80. The Labute approximate surface area is 133 Å². The van der Waals surface area contributed by atoms with Crippen molar-refractivity contribution in [2.75, 3.05) is 0 Å². The van der Waals surface area contributed by atoms with Gasteiger partial charge >= 0.3 is 0 Å². The Bertz CT molecular complexity index is 727. The fraction of sp³-hybridized carbons (Fsp3) is 0.312. The predicted molar refractivity (Wildman–Crippen MR) is 86.1 cm³/mol. The molecule has 1 amide bonds. The van der Waals surface area contributed by atoms with Crippen LogP contribution in [0.4, 0.5) is 0 Å². The van der Waals surface area contributed by atoms with Crippen molar-refractivity contribution in [1.29, 1.82) is 0 Å². The minimum Gasteiger partial charge on any atom is -0.344 e. The van der Waals surface area contributed by atoms with Gasteiger partial charge in [-0.3, -0.25) is 9.59 Å². The molecule has 0 aliphatic carbocycles. The van der Waals surface area contributed by atoms with E-state index in [1.807, 2.05) is 26.0 Å². The van der Waals surface area contributed by atoms with Crippen LogP contribution >= 0.6 is 11.6 Å². The van der Waals surface area contributed by atoms with Crippen LogP contribution in [0, 0.1) is 0 Å². The second-order valence-corrected chi connectivity index (χ2v) is 5.47. The third kappa shape index (κ3) is 3.95. The maximum absolute atomic E-state index is 12.3. The van der Waals surface area contributed by atoms with Crippen LogP contribution < -0.4 is 10.9 Å². The minimum absolute atomic E-state index is 0.207. The maximum atomic E-state index is 12.3. The highest BCUT2D eigenvalue weighted by atomic mass is 35.5. The van der Waals surface area contributed by atoms with Gasteiger partial charge in [-0.25, -0.2) is 4.68 Å². The number of carbonyl (C=O) groups excluding carboxylic acids is 1. The van der Waals surface area contributed by atoms with Gasteiger partial charge < -0.3 is 5.32 Å². The molecule has 0 aliphatic heterocycles. The van der Waals surface area contributed by atoms with E-state index < -0.39 is 0 Å². The molecule has 0 radical (unpaired) electrons. The topological polar surface area (TPSA) is 64.0 Å². The van der Waals surface area contributed by atoms with Crippen molar-refractivity contribution >= 4 is 17.5 Å². The first-order valence-corrected chi connectivity index (χ1v) is 7.53. The second-order valence-electron chi connectivity index (χ2n) is 5.03. The van der Waals surface area contributed by atoms with Gasteiger partial charge in [-0.05, 0) is 37.1 Å². The fourth-order valence-corrected chi connectivity index (χ4v) is 2.27. The van der Waals surface area contributed by atoms with Crippen molar-refractivity contribution in [3.05, 3.63) is 63.0 Å². The molecule has 0 saturated carbocycles. The summed E-state index contributed by atoms with van der Waals surface area (Å²) in [5, 5.41) is 7.56. The lowest BCUT2D eigenvalue weighted by atomic mass is 10.1. The summed E-state index contributed by atoms with van der Waals surface area (Å²) in [6.45, 7) is 4.30. The van der Waals surface area contributed by atoms with E-state index in [1.165, 1.54) is 16.8 Å². The van der Waals surface area contributed by atoms with Gasteiger partial charge in [-0.15, -0.1) is 0 Å². The zero-order valence-electron chi connectivity index (χ0n) is 12.5. The number of hydrogen-bond acceptors (Lipinski definition) is 3. The van der Waals surface area contributed by atoms with E-state index in [4.69, 9.17) is 11.6 Å². The van der Waals surface area contributed by atoms with Crippen LogP contribution in [0.25, 0.3) is 0 Å². The first kappa shape index (κ1) is 16.2. The average Bonchev–Trinajstić information content (AvgIpc) is 2.49. The fourth-order valence-electron chi connectivity index (χ4n) is 2.07. The van der Waals surface area contributed by atoms with Crippen molar-refractivity contribution in [1.82, 2.24) is 15.1 Å². The molecule has 1 atom stereocenters. The van der Waals surface area contributed by atoms with Gasteiger partial charge in [-0.2, -0.15) is 5.10 Å². The average molecular weight is 320 g/mol. The number of aromatic nitrogens is 2. The van der Waals surface area contributed by atoms with Gasteiger partial charge in [0, 0.05) is 17.6 Å². The number of rotatable bonds is 5. The summed E-state index contributed by atoms with van der Waals surface area (Å²) < 4.78 is 1.30. The third-order valence-electron chi connectivity index (χ3n) is 3.23. The molecular formula is C16H18ClN3O2. The molecule has 1 N–H and O–H groups in total. The Morgan fingerprint density at radius 1 is 1.36 bits per heavy atom. The van der Waals surface area contributed by atoms with Gasteiger partial charge in [0.1, 0.15) is 5.69 Å². The van der Waals surface area contributed by atoms with Gasteiger partial charge in [0.05, 0.1) is 6.04 Å². The number of hydrogen-bond donors (Lipinski definition) is 1. The molecule has 2 rings (SSSR count). The monoisotopic (exact) mass is 319 g/mol. The minimum atomic E-state index is -0.322. The highest BCUT2D eigenvalue weighted by Gasteiger charge is 2.14. The van der Waals surface area contributed by atoms with Crippen molar-refractivity contribution < 1.29 is 4.79 Å².